The number of hydrogen-bond acceptors (Lipinski definition) is 5. The predicted molar refractivity (Wildman–Crippen MR) is 137 cm³/mol. The largest absolute Gasteiger partial charge is 0.489 e. The Bertz CT molecular complexity index is 1130. The van der Waals surface area contributed by atoms with Crippen molar-refractivity contribution < 1.29 is 14.3 Å². The van der Waals surface area contributed by atoms with Crippen molar-refractivity contribution in [2.24, 2.45) is 0 Å². The molecule has 0 aliphatic carbocycles. The molecule has 0 heterocycles. The Hall–Kier alpha value is -3.82. The molecule has 0 aliphatic heterocycles. The van der Waals surface area contributed by atoms with Crippen LogP contribution in [-0.4, -0.2) is 22.0 Å². The van der Waals surface area contributed by atoms with Gasteiger partial charge in [0.15, 0.2) is 10.2 Å². The van der Waals surface area contributed by atoms with Gasteiger partial charge in [-0.2, -0.15) is 0 Å². The number of rotatable bonds is 6. The van der Waals surface area contributed by atoms with Crippen molar-refractivity contribution in [2.45, 2.75) is 13.5 Å². The van der Waals surface area contributed by atoms with Crippen LogP contribution in [0.3, 0.4) is 0 Å². The molecule has 3 aromatic carbocycles. The lowest BCUT2D eigenvalue weighted by molar-refractivity contribution is -0.117. The summed E-state index contributed by atoms with van der Waals surface area (Å²) >= 11 is 10.3. The summed E-state index contributed by atoms with van der Waals surface area (Å²) in [6, 6.07) is 23.7. The van der Waals surface area contributed by atoms with E-state index in [9.17, 15) is 9.59 Å². The molecule has 0 saturated heterocycles. The number of anilines is 2. The smallest absolute Gasteiger partial charge is 0.257 e. The second-order valence-corrected chi connectivity index (χ2v) is 7.74. The number of carbonyl (C=O) groups is 2. The van der Waals surface area contributed by atoms with Crippen LogP contribution >= 0.6 is 24.4 Å². The van der Waals surface area contributed by atoms with Gasteiger partial charge in [0.1, 0.15) is 12.4 Å². The molecule has 3 rings (SSSR count). The van der Waals surface area contributed by atoms with Crippen LogP contribution in [-0.2, 0) is 11.4 Å². The Kier molecular flexibility index (Phi) is 8.45. The highest BCUT2D eigenvalue weighted by Gasteiger charge is 2.09. The van der Waals surface area contributed by atoms with E-state index in [1.165, 1.54) is 6.92 Å². The van der Waals surface area contributed by atoms with Crippen molar-refractivity contribution >= 4 is 57.8 Å². The molecule has 168 valence electrons. The molecule has 9 heteroatoms. The molecule has 0 aromatic heterocycles. The van der Waals surface area contributed by atoms with Gasteiger partial charge in [0.2, 0.25) is 5.91 Å². The number of hydrogen-bond donors (Lipinski definition) is 4. The molecule has 0 saturated carbocycles. The highest BCUT2D eigenvalue weighted by Crippen LogP contribution is 2.15. The summed E-state index contributed by atoms with van der Waals surface area (Å²) in [5.41, 5.74) is 2.90. The molecule has 0 bridgehead atoms. The minimum Gasteiger partial charge on any atom is -0.489 e. The highest BCUT2D eigenvalue weighted by molar-refractivity contribution is 7.80. The topological polar surface area (TPSA) is 91.5 Å². The fraction of sp³-hybridized carbons (Fsp3) is 0.0833. The van der Waals surface area contributed by atoms with Gasteiger partial charge in [0, 0.05) is 23.9 Å². The number of benzene rings is 3. The summed E-state index contributed by atoms with van der Waals surface area (Å²) in [5, 5.41) is 11.3. The van der Waals surface area contributed by atoms with E-state index in [0.29, 0.717) is 29.3 Å². The van der Waals surface area contributed by atoms with E-state index in [2.05, 4.69) is 21.3 Å². The Labute approximate surface area is 202 Å². The van der Waals surface area contributed by atoms with Crippen LogP contribution in [0.2, 0.25) is 0 Å². The van der Waals surface area contributed by atoms with Crippen LogP contribution in [0.1, 0.15) is 22.8 Å². The summed E-state index contributed by atoms with van der Waals surface area (Å²) in [7, 11) is 0. The number of nitrogens with one attached hydrogen (secondary N) is 4. The molecular weight excluding hydrogens is 456 g/mol. The first-order chi connectivity index (χ1) is 15.9. The van der Waals surface area contributed by atoms with E-state index >= 15 is 0 Å². The molecule has 3 aromatic rings. The predicted octanol–water partition coefficient (Wildman–Crippen LogP) is 4.23. The van der Waals surface area contributed by atoms with Gasteiger partial charge in [-0.05, 0) is 78.5 Å². The average Bonchev–Trinajstić information content (AvgIpc) is 2.79. The first-order valence-electron chi connectivity index (χ1n) is 9.97. The van der Waals surface area contributed by atoms with E-state index in [1.54, 1.807) is 48.5 Å². The summed E-state index contributed by atoms with van der Waals surface area (Å²) in [6.07, 6.45) is 0. The monoisotopic (exact) mass is 478 g/mol. The quantitative estimate of drug-likeness (QED) is 0.394. The third-order valence-electron chi connectivity index (χ3n) is 4.28. The first-order valence-corrected chi connectivity index (χ1v) is 10.8. The van der Waals surface area contributed by atoms with Crippen LogP contribution in [0.5, 0.6) is 5.75 Å². The second kappa shape index (κ2) is 11.7. The number of thiocarbonyl (C=S) groups is 2. The Morgan fingerprint density at radius 3 is 1.85 bits per heavy atom. The van der Waals surface area contributed by atoms with Gasteiger partial charge in [-0.25, -0.2) is 0 Å². The zero-order valence-corrected chi connectivity index (χ0v) is 19.4. The maximum Gasteiger partial charge on any atom is 0.257 e. The first kappa shape index (κ1) is 23.8. The SMILES string of the molecule is CC(=O)NC(=S)Nc1ccc(NC(=S)NC(=O)c2ccc(OCc3ccccc3)cc2)cc1. The standard InChI is InChI=1S/C24H22N4O3S2/c1-16(29)25-23(32)26-19-9-11-20(12-10-19)27-24(33)28-22(30)18-7-13-21(14-8-18)31-15-17-5-3-2-4-6-17/h2-14H,15H2,1H3,(H2,25,26,29,32)(H2,27,28,30,33). The molecule has 0 aliphatic rings. The van der Waals surface area contributed by atoms with Crippen molar-refractivity contribution in [3.05, 3.63) is 90.0 Å². The van der Waals surface area contributed by atoms with Crippen molar-refractivity contribution in [2.75, 3.05) is 10.6 Å². The van der Waals surface area contributed by atoms with Crippen LogP contribution in [0.25, 0.3) is 0 Å². The van der Waals surface area contributed by atoms with Crippen LogP contribution in [0.15, 0.2) is 78.9 Å². The van der Waals surface area contributed by atoms with E-state index in [4.69, 9.17) is 29.2 Å². The van der Waals surface area contributed by atoms with Crippen molar-refractivity contribution in [1.29, 1.82) is 0 Å². The van der Waals surface area contributed by atoms with E-state index in [-0.39, 0.29) is 22.0 Å². The van der Waals surface area contributed by atoms with E-state index in [1.807, 2.05) is 30.3 Å². The highest BCUT2D eigenvalue weighted by atomic mass is 32.1. The van der Waals surface area contributed by atoms with E-state index < -0.39 is 0 Å². The molecule has 7 nitrogen and oxygen atoms in total. The zero-order chi connectivity index (χ0) is 23.6. The maximum absolute atomic E-state index is 12.5. The summed E-state index contributed by atoms with van der Waals surface area (Å²) in [5.74, 6) is 0.0880. The van der Waals surface area contributed by atoms with Gasteiger partial charge in [0.05, 0.1) is 0 Å². The van der Waals surface area contributed by atoms with Gasteiger partial charge in [-0.1, -0.05) is 30.3 Å². The van der Waals surface area contributed by atoms with Gasteiger partial charge >= 0.3 is 0 Å². The fourth-order valence-corrected chi connectivity index (χ4v) is 3.21. The normalized spacial score (nSPS) is 9.97. The zero-order valence-electron chi connectivity index (χ0n) is 17.8. The molecule has 0 spiro atoms. The molecule has 33 heavy (non-hydrogen) atoms. The summed E-state index contributed by atoms with van der Waals surface area (Å²) < 4.78 is 5.74. The minimum atomic E-state index is -0.332. The lowest BCUT2D eigenvalue weighted by Gasteiger charge is -2.12. The third kappa shape index (κ3) is 7.99. The van der Waals surface area contributed by atoms with Crippen LogP contribution in [0, 0.1) is 0 Å². The maximum atomic E-state index is 12.5. The Morgan fingerprint density at radius 1 is 0.758 bits per heavy atom. The summed E-state index contributed by atoms with van der Waals surface area (Å²) in [4.78, 5) is 23.5. The molecule has 0 atom stereocenters. The minimum absolute atomic E-state index is 0.166. The molecule has 2 amide bonds. The summed E-state index contributed by atoms with van der Waals surface area (Å²) in [6.45, 7) is 1.83. The van der Waals surface area contributed by atoms with E-state index in [0.717, 1.165) is 5.56 Å². The lowest BCUT2D eigenvalue weighted by Crippen LogP contribution is -2.34. The van der Waals surface area contributed by atoms with Crippen LogP contribution < -0.4 is 26.0 Å². The Morgan fingerprint density at radius 2 is 1.30 bits per heavy atom. The van der Waals surface area contributed by atoms with Gasteiger partial charge in [0.25, 0.3) is 5.91 Å². The number of amides is 2. The molecule has 0 unspecified atom stereocenters. The van der Waals surface area contributed by atoms with Gasteiger partial charge in [-0.3, -0.25) is 14.9 Å². The van der Waals surface area contributed by atoms with Gasteiger partial charge in [-0.15, -0.1) is 0 Å². The molecule has 0 fully saturated rings. The second-order valence-electron chi connectivity index (χ2n) is 6.92. The van der Waals surface area contributed by atoms with Crippen molar-refractivity contribution in [3.63, 3.8) is 0 Å². The molecular formula is C24H22N4O3S2. The van der Waals surface area contributed by atoms with Crippen molar-refractivity contribution in [3.8, 4) is 5.75 Å². The number of ether oxygens (including phenoxy) is 1. The molecule has 0 radical (unpaired) electrons. The average molecular weight is 479 g/mol. The van der Waals surface area contributed by atoms with Crippen molar-refractivity contribution in [1.82, 2.24) is 10.6 Å². The third-order valence-corrected chi connectivity index (χ3v) is 4.69. The number of carbonyl (C=O) groups excluding carboxylic acids is 2. The van der Waals surface area contributed by atoms with Gasteiger partial charge < -0.3 is 20.7 Å². The molecule has 4 N–H and O–H groups in total. The van der Waals surface area contributed by atoms with Crippen LogP contribution in [0.4, 0.5) is 11.4 Å². The Balaban J connectivity index is 1.47. The fourth-order valence-electron chi connectivity index (χ4n) is 2.74. The lowest BCUT2D eigenvalue weighted by atomic mass is 10.2.